The van der Waals surface area contributed by atoms with Gasteiger partial charge in [-0.15, -0.1) is 0 Å². The number of carbonyl (C=O) groups excluding carboxylic acids is 1. The predicted octanol–water partition coefficient (Wildman–Crippen LogP) is 2.60. The van der Waals surface area contributed by atoms with Gasteiger partial charge in [-0.05, 0) is 36.0 Å². The molecule has 0 radical (unpaired) electrons. The van der Waals surface area contributed by atoms with Gasteiger partial charge in [-0.2, -0.15) is 5.10 Å². The molecule has 2 aromatic carbocycles. The molecule has 8 heteroatoms. The van der Waals surface area contributed by atoms with Crippen molar-refractivity contribution in [2.45, 2.75) is 17.0 Å². The molecular formula is C16H14N4O3S. The maximum absolute atomic E-state index is 10.9. The first kappa shape index (κ1) is 15.9. The minimum Gasteiger partial charge on any atom is -0.504 e. The molecule has 1 heterocycles. The molecule has 24 heavy (non-hydrogen) atoms. The second-order valence-corrected chi connectivity index (χ2v) is 5.94. The van der Waals surface area contributed by atoms with Gasteiger partial charge in [0, 0.05) is 12.5 Å². The summed E-state index contributed by atoms with van der Waals surface area (Å²) in [6, 6.07) is 10.5. The van der Waals surface area contributed by atoms with E-state index >= 15 is 0 Å². The molecule has 1 aromatic heterocycles. The summed E-state index contributed by atoms with van der Waals surface area (Å²) in [5.41, 5.74) is 4.49. The van der Waals surface area contributed by atoms with Crippen molar-refractivity contribution in [2.75, 3.05) is 0 Å². The maximum Gasteiger partial charge on any atom is 0.236 e. The Labute approximate surface area is 141 Å². The summed E-state index contributed by atoms with van der Waals surface area (Å²) in [4.78, 5) is 18.8. The minimum absolute atomic E-state index is 0.245. The van der Waals surface area contributed by atoms with E-state index in [-0.39, 0.29) is 17.4 Å². The molecule has 0 aliphatic heterocycles. The van der Waals surface area contributed by atoms with E-state index in [1.165, 1.54) is 19.2 Å². The molecule has 7 nitrogen and oxygen atoms in total. The molecule has 4 N–H and O–H groups in total. The number of amides is 1. The largest absolute Gasteiger partial charge is 0.504 e. The second kappa shape index (κ2) is 6.63. The van der Waals surface area contributed by atoms with Crippen molar-refractivity contribution in [1.82, 2.24) is 15.4 Å². The van der Waals surface area contributed by atoms with Gasteiger partial charge in [0.25, 0.3) is 0 Å². The molecule has 0 unspecified atom stereocenters. The van der Waals surface area contributed by atoms with Crippen molar-refractivity contribution in [3.63, 3.8) is 0 Å². The Kier molecular flexibility index (Phi) is 4.39. The molecule has 1 amide bonds. The molecule has 3 rings (SSSR count). The first-order chi connectivity index (χ1) is 11.5. The van der Waals surface area contributed by atoms with Crippen molar-refractivity contribution in [3.8, 4) is 11.5 Å². The third kappa shape index (κ3) is 3.33. The molecule has 3 aromatic rings. The van der Waals surface area contributed by atoms with E-state index < -0.39 is 0 Å². The number of rotatable bonds is 4. The molecule has 0 bridgehead atoms. The van der Waals surface area contributed by atoms with Crippen LogP contribution in [0, 0.1) is 0 Å². The zero-order valence-electron chi connectivity index (χ0n) is 12.6. The summed E-state index contributed by atoms with van der Waals surface area (Å²) in [7, 11) is 0. The lowest BCUT2D eigenvalue weighted by Crippen LogP contribution is -2.12. The van der Waals surface area contributed by atoms with E-state index in [9.17, 15) is 15.0 Å². The quantitative estimate of drug-likeness (QED) is 0.331. The van der Waals surface area contributed by atoms with Gasteiger partial charge in [-0.3, -0.25) is 4.79 Å². The number of aromatic nitrogens is 2. The van der Waals surface area contributed by atoms with Crippen LogP contribution < -0.4 is 5.43 Å². The van der Waals surface area contributed by atoms with Crippen molar-refractivity contribution in [3.05, 3.63) is 42.0 Å². The molecular weight excluding hydrogens is 328 g/mol. The Balaban J connectivity index is 1.97. The van der Waals surface area contributed by atoms with Crippen molar-refractivity contribution in [2.24, 2.45) is 5.10 Å². The van der Waals surface area contributed by atoms with E-state index in [0.717, 1.165) is 22.8 Å². The molecule has 0 aliphatic rings. The van der Waals surface area contributed by atoms with Crippen LogP contribution in [0.25, 0.3) is 11.0 Å². The summed E-state index contributed by atoms with van der Waals surface area (Å²) in [5, 5.41) is 24.3. The third-order valence-corrected chi connectivity index (χ3v) is 4.15. The lowest BCUT2D eigenvalue weighted by Gasteiger charge is -2.08. The lowest BCUT2D eigenvalue weighted by atomic mass is 10.2. The highest BCUT2D eigenvalue weighted by molar-refractivity contribution is 7.99. The number of aromatic amines is 1. The number of hydrazone groups is 1. The summed E-state index contributed by atoms with van der Waals surface area (Å²) < 4.78 is 0. The Morgan fingerprint density at radius 3 is 2.83 bits per heavy atom. The number of hydrogen-bond acceptors (Lipinski definition) is 6. The monoisotopic (exact) mass is 342 g/mol. The number of fused-ring (bicyclic) bond motifs is 1. The number of phenolic OH excluding ortho intramolecular Hbond substituents is 2. The van der Waals surface area contributed by atoms with Gasteiger partial charge in [-0.25, -0.2) is 10.4 Å². The standard InChI is InChI=1S/C16H14N4O3S/c1-9(21)20-17-8-10-6-7-13(22)14(23)15(10)24-16-18-11-4-2-3-5-12(11)19-16/h2-8,22-23H,1H3,(H,18,19)(H,20,21). The average molecular weight is 342 g/mol. The van der Waals surface area contributed by atoms with Crippen molar-refractivity contribution in [1.29, 1.82) is 0 Å². The average Bonchev–Trinajstić information content (AvgIpc) is 2.96. The smallest absolute Gasteiger partial charge is 0.236 e. The van der Waals surface area contributed by atoms with Gasteiger partial charge >= 0.3 is 0 Å². The molecule has 0 atom stereocenters. The number of imidazole rings is 1. The van der Waals surface area contributed by atoms with E-state index in [1.54, 1.807) is 6.07 Å². The van der Waals surface area contributed by atoms with Gasteiger partial charge in [-0.1, -0.05) is 12.1 Å². The number of phenols is 2. The summed E-state index contributed by atoms with van der Waals surface area (Å²) in [5.74, 6) is -0.821. The fraction of sp³-hybridized carbons (Fsp3) is 0.0625. The number of H-pyrrole nitrogens is 1. The number of carbonyl (C=O) groups is 1. The van der Waals surface area contributed by atoms with Crippen LogP contribution in [0.1, 0.15) is 12.5 Å². The van der Waals surface area contributed by atoms with Crippen LogP contribution in [0.3, 0.4) is 0 Å². The van der Waals surface area contributed by atoms with Crippen LogP contribution in [0.2, 0.25) is 0 Å². The molecule has 0 saturated carbocycles. The zero-order valence-corrected chi connectivity index (χ0v) is 13.5. The predicted molar refractivity (Wildman–Crippen MR) is 91.4 cm³/mol. The normalized spacial score (nSPS) is 11.2. The molecule has 0 saturated heterocycles. The number of para-hydroxylation sites is 2. The number of hydrogen-bond donors (Lipinski definition) is 4. The van der Waals surface area contributed by atoms with E-state index in [2.05, 4.69) is 20.5 Å². The van der Waals surface area contributed by atoms with Crippen LogP contribution >= 0.6 is 11.8 Å². The van der Waals surface area contributed by atoms with Crippen molar-refractivity contribution < 1.29 is 15.0 Å². The van der Waals surface area contributed by atoms with Gasteiger partial charge in [0.1, 0.15) is 0 Å². The van der Waals surface area contributed by atoms with Crippen LogP contribution in [-0.2, 0) is 4.79 Å². The molecule has 0 aliphatic carbocycles. The van der Waals surface area contributed by atoms with Gasteiger partial charge in [0.15, 0.2) is 16.7 Å². The molecule has 0 fully saturated rings. The van der Waals surface area contributed by atoms with Crippen LogP contribution in [-0.4, -0.2) is 32.3 Å². The number of aromatic hydroxyl groups is 2. The lowest BCUT2D eigenvalue weighted by molar-refractivity contribution is -0.118. The fourth-order valence-electron chi connectivity index (χ4n) is 2.05. The Morgan fingerprint density at radius 2 is 2.08 bits per heavy atom. The highest BCUT2D eigenvalue weighted by Crippen LogP contribution is 2.41. The Morgan fingerprint density at radius 1 is 1.29 bits per heavy atom. The van der Waals surface area contributed by atoms with E-state index in [0.29, 0.717) is 15.6 Å². The third-order valence-electron chi connectivity index (χ3n) is 3.13. The summed E-state index contributed by atoms with van der Waals surface area (Å²) in [6.07, 6.45) is 1.39. The zero-order chi connectivity index (χ0) is 17.1. The summed E-state index contributed by atoms with van der Waals surface area (Å²) in [6.45, 7) is 1.34. The molecule has 0 spiro atoms. The highest BCUT2D eigenvalue weighted by Gasteiger charge is 2.15. The number of nitrogens with zero attached hydrogens (tertiary/aromatic N) is 2. The second-order valence-electron chi connectivity index (χ2n) is 4.94. The van der Waals surface area contributed by atoms with Crippen LogP contribution in [0.5, 0.6) is 11.5 Å². The Bertz CT molecular complexity index is 903. The first-order valence-corrected chi connectivity index (χ1v) is 7.83. The van der Waals surface area contributed by atoms with Crippen LogP contribution in [0.15, 0.2) is 51.6 Å². The van der Waals surface area contributed by atoms with Gasteiger partial charge < -0.3 is 15.2 Å². The topological polar surface area (TPSA) is 111 Å². The van der Waals surface area contributed by atoms with Gasteiger partial charge in [0.05, 0.1) is 22.1 Å². The minimum atomic E-state index is -0.305. The number of benzene rings is 2. The maximum atomic E-state index is 10.9. The van der Waals surface area contributed by atoms with E-state index in [1.807, 2.05) is 24.3 Å². The van der Waals surface area contributed by atoms with E-state index in [4.69, 9.17) is 0 Å². The molecule has 122 valence electrons. The van der Waals surface area contributed by atoms with Crippen molar-refractivity contribution >= 4 is 34.9 Å². The summed E-state index contributed by atoms with van der Waals surface area (Å²) >= 11 is 1.16. The van der Waals surface area contributed by atoms with Gasteiger partial charge in [0.2, 0.25) is 5.91 Å². The van der Waals surface area contributed by atoms with Crippen LogP contribution in [0.4, 0.5) is 0 Å². The Hall–Kier alpha value is -3.00. The first-order valence-electron chi connectivity index (χ1n) is 7.02. The number of nitrogens with one attached hydrogen (secondary N) is 2. The SMILES string of the molecule is CC(=O)NN=Cc1ccc(O)c(O)c1Sc1nc2ccccc2[nH]1. The highest BCUT2D eigenvalue weighted by atomic mass is 32.2. The fourth-order valence-corrected chi connectivity index (χ4v) is 2.99.